The van der Waals surface area contributed by atoms with Crippen molar-refractivity contribution in [3.05, 3.63) is 30.1 Å². The van der Waals surface area contributed by atoms with Crippen LogP contribution in [-0.4, -0.2) is 35.1 Å². The number of hydrogen-bond donors (Lipinski definition) is 1. The second-order valence-electron chi connectivity index (χ2n) is 5.60. The highest BCUT2D eigenvalue weighted by Crippen LogP contribution is 2.21. The van der Waals surface area contributed by atoms with Crippen molar-refractivity contribution < 1.29 is 0 Å². The van der Waals surface area contributed by atoms with Crippen LogP contribution in [-0.2, 0) is 6.54 Å². The minimum absolute atomic E-state index is 0.573. The molecule has 2 heterocycles. The number of likely N-dealkylation sites (tertiary alicyclic amines) is 1. The van der Waals surface area contributed by atoms with Gasteiger partial charge >= 0.3 is 0 Å². The number of pyridine rings is 1. The fraction of sp³-hybridized carbons (Fsp3) is 0.688. The Morgan fingerprint density at radius 3 is 3.05 bits per heavy atom. The van der Waals surface area contributed by atoms with Gasteiger partial charge < -0.3 is 5.32 Å². The molecule has 3 heteroatoms. The third kappa shape index (κ3) is 4.29. The molecule has 2 atom stereocenters. The maximum absolute atomic E-state index is 4.47. The van der Waals surface area contributed by atoms with Crippen molar-refractivity contribution in [1.29, 1.82) is 0 Å². The molecule has 1 N–H and O–H groups in total. The molecule has 1 aliphatic heterocycles. The summed E-state index contributed by atoms with van der Waals surface area (Å²) in [6.07, 6.45) is 7.10. The summed E-state index contributed by atoms with van der Waals surface area (Å²) < 4.78 is 0. The van der Waals surface area contributed by atoms with Crippen LogP contribution in [0.2, 0.25) is 0 Å². The lowest BCUT2D eigenvalue weighted by molar-refractivity contribution is 0.110. The SMILES string of the molecule is CCCNC(C)C1CCCCN1Cc1ccccn1. The minimum Gasteiger partial charge on any atom is -0.313 e. The Morgan fingerprint density at radius 1 is 1.42 bits per heavy atom. The van der Waals surface area contributed by atoms with E-state index >= 15 is 0 Å². The normalized spacial score (nSPS) is 22.3. The van der Waals surface area contributed by atoms with Gasteiger partial charge in [-0.15, -0.1) is 0 Å². The number of nitrogens with one attached hydrogen (secondary N) is 1. The first kappa shape index (κ1) is 14.5. The molecule has 0 aromatic carbocycles. The zero-order valence-corrected chi connectivity index (χ0v) is 12.3. The van der Waals surface area contributed by atoms with E-state index in [4.69, 9.17) is 0 Å². The summed E-state index contributed by atoms with van der Waals surface area (Å²) in [5.41, 5.74) is 1.19. The molecule has 1 saturated heterocycles. The Hall–Kier alpha value is -0.930. The van der Waals surface area contributed by atoms with Crippen LogP contribution < -0.4 is 5.32 Å². The van der Waals surface area contributed by atoms with Gasteiger partial charge in [0.05, 0.1) is 5.69 Å². The van der Waals surface area contributed by atoms with Crippen LogP contribution in [0.5, 0.6) is 0 Å². The van der Waals surface area contributed by atoms with Crippen molar-refractivity contribution in [3.63, 3.8) is 0 Å². The van der Waals surface area contributed by atoms with Crippen LogP contribution in [0.4, 0.5) is 0 Å². The highest BCUT2D eigenvalue weighted by atomic mass is 15.2. The number of nitrogens with zero attached hydrogens (tertiary/aromatic N) is 2. The zero-order valence-electron chi connectivity index (χ0n) is 12.3. The Balaban J connectivity index is 1.95. The van der Waals surface area contributed by atoms with Gasteiger partial charge in [0, 0.05) is 24.8 Å². The Labute approximate surface area is 117 Å². The molecule has 2 rings (SSSR count). The molecule has 3 nitrogen and oxygen atoms in total. The highest BCUT2D eigenvalue weighted by Gasteiger charge is 2.27. The van der Waals surface area contributed by atoms with Gasteiger partial charge in [-0.3, -0.25) is 9.88 Å². The first-order valence-electron chi connectivity index (χ1n) is 7.68. The number of rotatable bonds is 6. The minimum atomic E-state index is 0.573. The van der Waals surface area contributed by atoms with Gasteiger partial charge in [-0.25, -0.2) is 0 Å². The van der Waals surface area contributed by atoms with Gasteiger partial charge in [0.25, 0.3) is 0 Å². The second kappa shape index (κ2) is 7.61. The van der Waals surface area contributed by atoms with Gasteiger partial charge in [-0.05, 0) is 51.4 Å². The molecule has 106 valence electrons. The van der Waals surface area contributed by atoms with Crippen LogP contribution in [0.1, 0.15) is 45.2 Å². The molecule has 1 aliphatic rings. The van der Waals surface area contributed by atoms with E-state index in [1.54, 1.807) is 0 Å². The molecular formula is C16H27N3. The molecule has 0 amide bonds. The molecule has 0 aliphatic carbocycles. The molecule has 0 radical (unpaired) electrons. The summed E-state index contributed by atoms with van der Waals surface area (Å²) in [6.45, 7) is 7.88. The highest BCUT2D eigenvalue weighted by molar-refractivity contribution is 5.04. The van der Waals surface area contributed by atoms with E-state index in [9.17, 15) is 0 Å². The molecule has 0 spiro atoms. The van der Waals surface area contributed by atoms with Crippen molar-refractivity contribution in [2.45, 2.75) is 58.2 Å². The molecule has 0 bridgehead atoms. The fourth-order valence-electron chi connectivity index (χ4n) is 2.99. The summed E-state index contributed by atoms with van der Waals surface area (Å²) in [6, 6.07) is 7.43. The average Bonchev–Trinajstić information content (AvgIpc) is 2.46. The van der Waals surface area contributed by atoms with Crippen LogP contribution in [0.3, 0.4) is 0 Å². The lowest BCUT2D eigenvalue weighted by Crippen LogP contribution is -2.50. The van der Waals surface area contributed by atoms with E-state index in [0.717, 1.165) is 13.1 Å². The Morgan fingerprint density at radius 2 is 2.32 bits per heavy atom. The largest absolute Gasteiger partial charge is 0.313 e. The second-order valence-corrected chi connectivity index (χ2v) is 5.60. The van der Waals surface area contributed by atoms with Crippen LogP contribution in [0.15, 0.2) is 24.4 Å². The summed E-state index contributed by atoms with van der Waals surface area (Å²) >= 11 is 0. The van der Waals surface area contributed by atoms with E-state index in [1.165, 1.54) is 37.9 Å². The summed E-state index contributed by atoms with van der Waals surface area (Å²) in [7, 11) is 0. The smallest absolute Gasteiger partial charge is 0.0544 e. The first-order chi connectivity index (χ1) is 9.31. The number of piperidine rings is 1. The van der Waals surface area contributed by atoms with Crippen molar-refractivity contribution in [2.24, 2.45) is 0 Å². The third-order valence-corrected chi connectivity index (χ3v) is 4.05. The summed E-state index contributed by atoms with van der Waals surface area (Å²) in [5.74, 6) is 0. The zero-order chi connectivity index (χ0) is 13.5. The van der Waals surface area contributed by atoms with Gasteiger partial charge in [0.2, 0.25) is 0 Å². The van der Waals surface area contributed by atoms with E-state index in [-0.39, 0.29) is 0 Å². The standard InChI is InChI=1S/C16H27N3/c1-3-10-17-14(2)16-9-5-7-12-19(16)13-15-8-4-6-11-18-15/h4,6,8,11,14,16-17H,3,5,7,9-10,12-13H2,1-2H3. The maximum Gasteiger partial charge on any atom is 0.0544 e. The molecule has 1 aromatic rings. The van der Waals surface area contributed by atoms with Crippen molar-refractivity contribution in [3.8, 4) is 0 Å². The Bertz CT molecular complexity index is 352. The van der Waals surface area contributed by atoms with E-state index in [0.29, 0.717) is 12.1 Å². The monoisotopic (exact) mass is 261 g/mol. The van der Waals surface area contributed by atoms with Crippen LogP contribution >= 0.6 is 0 Å². The molecular weight excluding hydrogens is 234 g/mol. The van der Waals surface area contributed by atoms with E-state index < -0.39 is 0 Å². The maximum atomic E-state index is 4.47. The quantitative estimate of drug-likeness (QED) is 0.853. The number of aromatic nitrogens is 1. The molecule has 19 heavy (non-hydrogen) atoms. The third-order valence-electron chi connectivity index (χ3n) is 4.05. The van der Waals surface area contributed by atoms with E-state index in [1.807, 2.05) is 12.3 Å². The van der Waals surface area contributed by atoms with Crippen molar-refractivity contribution in [1.82, 2.24) is 15.2 Å². The Kier molecular flexibility index (Phi) is 5.80. The predicted molar refractivity (Wildman–Crippen MR) is 80.0 cm³/mol. The van der Waals surface area contributed by atoms with Gasteiger partial charge in [0.15, 0.2) is 0 Å². The molecule has 0 saturated carbocycles. The lowest BCUT2D eigenvalue weighted by atomic mass is 9.96. The summed E-state index contributed by atoms with van der Waals surface area (Å²) in [5, 5.41) is 3.66. The van der Waals surface area contributed by atoms with Crippen LogP contribution in [0.25, 0.3) is 0 Å². The van der Waals surface area contributed by atoms with Crippen molar-refractivity contribution >= 4 is 0 Å². The molecule has 1 aromatic heterocycles. The van der Waals surface area contributed by atoms with Gasteiger partial charge in [-0.1, -0.05) is 19.4 Å². The fourth-order valence-corrected chi connectivity index (χ4v) is 2.99. The number of hydrogen-bond acceptors (Lipinski definition) is 3. The van der Waals surface area contributed by atoms with Crippen molar-refractivity contribution in [2.75, 3.05) is 13.1 Å². The average molecular weight is 261 g/mol. The lowest BCUT2D eigenvalue weighted by Gasteiger charge is -2.39. The molecule has 1 fully saturated rings. The first-order valence-corrected chi connectivity index (χ1v) is 7.68. The van der Waals surface area contributed by atoms with E-state index in [2.05, 4.69) is 41.2 Å². The summed E-state index contributed by atoms with van der Waals surface area (Å²) in [4.78, 5) is 7.08. The molecule has 2 unspecified atom stereocenters. The van der Waals surface area contributed by atoms with Crippen LogP contribution in [0, 0.1) is 0 Å². The van der Waals surface area contributed by atoms with Gasteiger partial charge in [-0.2, -0.15) is 0 Å². The van der Waals surface area contributed by atoms with Gasteiger partial charge in [0.1, 0.15) is 0 Å². The topological polar surface area (TPSA) is 28.2 Å². The predicted octanol–water partition coefficient (Wildman–Crippen LogP) is 2.82.